The molecule has 5 heteroatoms. The van der Waals surface area contributed by atoms with Crippen LogP contribution in [0, 0.1) is 0 Å². The maximum atomic E-state index is 6.42. The second-order valence-corrected chi connectivity index (χ2v) is 6.12. The lowest BCUT2D eigenvalue weighted by atomic mass is 10.1. The molecule has 0 saturated carbocycles. The highest BCUT2D eigenvalue weighted by Gasteiger charge is 2.39. The molecule has 0 N–H and O–H groups in total. The number of hydrogen-bond acceptors (Lipinski definition) is 4. The predicted molar refractivity (Wildman–Crippen MR) is 112 cm³/mol. The molecule has 0 amide bonds. The summed E-state index contributed by atoms with van der Waals surface area (Å²) >= 11 is 0. The van der Waals surface area contributed by atoms with Crippen LogP contribution in [0.15, 0.2) is 72.8 Å². The van der Waals surface area contributed by atoms with E-state index in [4.69, 9.17) is 19.0 Å². The highest BCUT2D eigenvalue weighted by molar-refractivity contribution is 5.69. The third-order valence-corrected chi connectivity index (χ3v) is 4.63. The number of benzene rings is 3. The van der Waals surface area contributed by atoms with Crippen LogP contribution in [0.5, 0.6) is 17.2 Å². The summed E-state index contributed by atoms with van der Waals surface area (Å²) in [6.07, 6.45) is 0. The minimum absolute atomic E-state index is 0.106. The van der Waals surface area contributed by atoms with Gasteiger partial charge < -0.3 is 14.2 Å². The molecule has 3 aromatic rings. The van der Waals surface area contributed by atoms with E-state index in [1.807, 2.05) is 79.7 Å². The summed E-state index contributed by atoms with van der Waals surface area (Å²) in [5.74, 6) is 2.38. The van der Waals surface area contributed by atoms with Crippen LogP contribution in [-0.4, -0.2) is 27.9 Å². The quantitative estimate of drug-likeness (QED) is 0.375. The number of methoxy groups -OCH3 is 3. The van der Waals surface area contributed by atoms with Crippen LogP contribution in [0.1, 0.15) is 6.92 Å². The summed E-state index contributed by atoms with van der Waals surface area (Å²) in [4.78, 5) is 6.42. The second kappa shape index (κ2) is 8.78. The van der Waals surface area contributed by atoms with Crippen LogP contribution in [0.2, 0.25) is 0 Å². The molecule has 0 aromatic heterocycles. The Kier molecular flexibility index (Phi) is 6.19. The van der Waals surface area contributed by atoms with E-state index in [0.717, 1.165) is 34.3 Å². The molecule has 0 atom stereocenters. The van der Waals surface area contributed by atoms with Gasteiger partial charge in [0.2, 0.25) is 0 Å². The Balaban J connectivity index is 2.23. The molecule has 28 heavy (non-hydrogen) atoms. The van der Waals surface area contributed by atoms with Crippen molar-refractivity contribution in [2.24, 2.45) is 0 Å². The standard InChI is InChI=1S/C23H26NO4/c1-5-28-24(18-6-12-21(25-2)13-7-18,19-8-14-22(26-3)15-9-19)20-10-16-23(27-4)17-11-20/h6-17H,5H2,1-4H3/q+1. The Morgan fingerprint density at radius 3 is 1.04 bits per heavy atom. The zero-order chi connectivity index (χ0) is 20.0. The maximum absolute atomic E-state index is 6.42. The summed E-state index contributed by atoms with van der Waals surface area (Å²) in [6, 6.07) is 23.7. The highest BCUT2D eigenvalue weighted by Crippen LogP contribution is 2.45. The molecule has 3 aromatic carbocycles. The minimum Gasteiger partial charge on any atom is -0.497 e. The predicted octanol–water partition coefficient (Wildman–Crippen LogP) is 5.63. The van der Waals surface area contributed by atoms with Gasteiger partial charge in [-0.15, -0.1) is 0 Å². The fourth-order valence-electron chi connectivity index (χ4n) is 3.24. The van der Waals surface area contributed by atoms with Crippen molar-refractivity contribution in [1.82, 2.24) is 4.65 Å². The van der Waals surface area contributed by atoms with Gasteiger partial charge in [-0.1, -0.05) is 4.65 Å². The lowest BCUT2D eigenvalue weighted by molar-refractivity contribution is -0.0536. The summed E-state index contributed by atoms with van der Waals surface area (Å²) in [5, 5.41) is 0. The average molecular weight is 380 g/mol. The summed E-state index contributed by atoms with van der Waals surface area (Å²) in [6.45, 7) is 2.51. The fourth-order valence-corrected chi connectivity index (χ4v) is 3.24. The number of nitrogens with zero attached hydrogens (tertiary/aromatic N) is 1. The lowest BCUT2D eigenvalue weighted by Crippen LogP contribution is -2.39. The number of hydrogen-bond donors (Lipinski definition) is 0. The third-order valence-electron chi connectivity index (χ3n) is 4.63. The lowest BCUT2D eigenvalue weighted by Gasteiger charge is -2.34. The second-order valence-electron chi connectivity index (χ2n) is 6.12. The summed E-state index contributed by atoms with van der Waals surface area (Å²) < 4.78 is 16.1. The van der Waals surface area contributed by atoms with Crippen molar-refractivity contribution in [3.8, 4) is 17.2 Å². The monoisotopic (exact) mass is 380 g/mol. The third kappa shape index (κ3) is 3.67. The van der Waals surface area contributed by atoms with E-state index in [9.17, 15) is 0 Å². The van der Waals surface area contributed by atoms with E-state index in [-0.39, 0.29) is 4.65 Å². The Morgan fingerprint density at radius 1 is 0.536 bits per heavy atom. The van der Waals surface area contributed by atoms with Gasteiger partial charge >= 0.3 is 0 Å². The zero-order valence-corrected chi connectivity index (χ0v) is 16.7. The van der Waals surface area contributed by atoms with Gasteiger partial charge in [0.05, 0.1) is 21.3 Å². The van der Waals surface area contributed by atoms with Crippen LogP contribution < -0.4 is 18.9 Å². The Hall–Kier alpha value is -3.02. The smallest absolute Gasteiger partial charge is 0.176 e. The molecular weight excluding hydrogens is 354 g/mol. The van der Waals surface area contributed by atoms with Crippen molar-refractivity contribution in [3.63, 3.8) is 0 Å². The molecule has 0 fully saturated rings. The Labute approximate surface area is 166 Å². The maximum Gasteiger partial charge on any atom is 0.176 e. The SMILES string of the molecule is CCO[N+](c1ccc(OC)cc1)(c1ccc(OC)cc1)c1ccc(OC)cc1. The molecule has 3 rings (SSSR count). The molecular formula is C23H26NO4+. The number of quaternary nitrogens is 1. The van der Waals surface area contributed by atoms with Gasteiger partial charge in [-0.05, 0) is 43.3 Å². The Morgan fingerprint density at radius 2 is 0.821 bits per heavy atom. The van der Waals surface area contributed by atoms with Crippen LogP contribution in [0.25, 0.3) is 0 Å². The molecule has 0 spiro atoms. The average Bonchev–Trinajstić information content (AvgIpc) is 2.78. The molecule has 0 aliphatic heterocycles. The van der Waals surface area contributed by atoms with E-state index in [2.05, 4.69) is 0 Å². The van der Waals surface area contributed by atoms with Crippen LogP contribution in [0.3, 0.4) is 0 Å². The number of ether oxygens (including phenoxy) is 3. The molecule has 5 nitrogen and oxygen atoms in total. The molecule has 0 radical (unpaired) electrons. The molecule has 0 saturated heterocycles. The summed E-state index contributed by atoms with van der Waals surface area (Å²) in [5.41, 5.74) is 2.87. The van der Waals surface area contributed by atoms with E-state index >= 15 is 0 Å². The molecule has 0 heterocycles. The van der Waals surface area contributed by atoms with Crippen molar-refractivity contribution in [3.05, 3.63) is 72.8 Å². The zero-order valence-electron chi connectivity index (χ0n) is 16.7. The largest absolute Gasteiger partial charge is 0.497 e. The first-order chi connectivity index (χ1) is 13.7. The van der Waals surface area contributed by atoms with Crippen molar-refractivity contribution in [2.75, 3.05) is 27.9 Å². The number of rotatable bonds is 8. The first-order valence-corrected chi connectivity index (χ1v) is 9.15. The van der Waals surface area contributed by atoms with Crippen molar-refractivity contribution < 1.29 is 19.0 Å². The van der Waals surface area contributed by atoms with Crippen LogP contribution >= 0.6 is 0 Å². The van der Waals surface area contributed by atoms with E-state index in [0.29, 0.717) is 6.61 Å². The van der Waals surface area contributed by atoms with Gasteiger partial charge in [-0.2, -0.15) is 4.84 Å². The molecule has 0 bridgehead atoms. The fraction of sp³-hybridized carbons (Fsp3) is 0.217. The van der Waals surface area contributed by atoms with Crippen molar-refractivity contribution in [2.45, 2.75) is 6.92 Å². The molecule has 146 valence electrons. The first-order valence-electron chi connectivity index (χ1n) is 9.15. The topological polar surface area (TPSA) is 36.9 Å². The van der Waals surface area contributed by atoms with E-state index in [1.54, 1.807) is 21.3 Å². The molecule has 0 unspecified atom stereocenters. The molecule has 0 aliphatic rings. The van der Waals surface area contributed by atoms with Gasteiger partial charge in [0, 0.05) is 36.4 Å². The van der Waals surface area contributed by atoms with Crippen LogP contribution in [0.4, 0.5) is 17.1 Å². The van der Waals surface area contributed by atoms with E-state index in [1.165, 1.54) is 0 Å². The molecule has 0 aliphatic carbocycles. The van der Waals surface area contributed by atoms with Crippen molar-refractivity contribution >= 4 is 17.1 Å². The van der Waals surface area contributed by atoms with Gasteiger partial charge in [-0.3, -0.25) is 0 Å². The van der Waals surface area contributed by atoms with Gasteiger partial charge in [-0.25, -0.2) is 0 Å². The first kappa shape index (κ1) is 19.7. The normalized spacial score (nSPS) is 11.1. The van der Waals surface area contributed by atoms with E-state index < -0.39 is 0 Å². The summed E-state index contributed by atoms with van der Waals surface area (Å²) in [7, 11) is 4.98. The van der Waals surface area contributed by atoms with Gasteiger partial charge in [0.25, 0.3) is 0 Å². The minimum atomic E-state index is 0.106. The van der Waals surface area contributed by atoms with Gasteiger partial charge in [0.15, 0.2) is 17.1 Å². The highest BCUT2D eigenvalue weighted by atomic mass is 16.7. The van der Waals surface area contributed by atoms with Crippen LogP contribution in [-0.2, 0) is 4.84 Å². The van der Waals surface area contributed by atoms with Gasteiger partial charge in [0.1, 0.15) is 23.9 Å². The van der Waals surface area contributed by atoms with Crippen molar-refractivity contribution in [1.29, 1.82) is 0 Å². The Bertz CT molecular complexity index is 758.